The first-order valence-corrected chi connectivity index (χ1v) is 6.43. The average molecular weight is 228 g/mol. The van der Waals surface area contributed by atoms with Crippen molar-refractivity contribution < 1.29 is 12.3 Å². The van der Waals surface area contributed by atoms with Crippen LogP contribution in [-0.4, -0.2) is 8.42 Å². The maximum absolute atomic E-state index is 13.1. The Morgan fingerprint density at radius 2 is 1.80 bits per heavy atom. The average Bonchev–Trinajstić information content (AvgIpc) is 2.90. The third kappa shape index (κ3) is 2.37. The Balaban J connectivity index is 2.37. The van der Waals surface area contributed by atoms with E-state index in [1.165, 1.54) is 0 Å². The van der Waals surface area contributed by atoms with E-state index in [0.717, 1.165) is 18.4 Å². The summed E-state index contributed by atoms with van der Waals surface area (Å²) >= 11 is 0. The Kier molecular flexibility index (Phi) is 2.54. The lowest BCUT2D eigenvalue weighted by atomic mass is 10.1. The minimum Gasteiger partial charge on any atom is -0.194 e. The second-order valence-electron chi connectivity index (χ2n) is 4.14. The lowest BCUT2D eigenvalue weighted by molar-refractivity contribution is 0.526. The van der Waals surface area contributed by atoms with Gasteiger partial charge in [0.05, 0.1) is 0 Å². The van der Waals surface area contributed by atoms with Crippen LogP contribution in [0.5, 0.6) is 0 Å². The van der Waals surface area contributed by atoms with E-state index in [1.807, 2.05) is 19.1 Å². The van der Waals surface area contributed by atoms with Crippen molar-refractivity contribution in [3.05, 3.63) is 35.4 Å². The maximum atomic E-state index is 13.1. The number of aryl methyl sites for hydroxylation is 1. The molecule has 0 spiro atoms. The molecule has 0 saturated heterocycles. The number of rotatable bonds is 3. The lowest BCUT2D eigenvalue weighted by Gasteiger charge is -2.11. The normalized spacial score (nSPS) is 18.8. The molecule has 1 aromatic carbocycles. The highest BCUT2D eigenvalue weighted by atomic mass is 32.3. The highest BCUT2D eigenvalue weighted by Gasteiger charge is 2.41. The van der Waals surface area contributed by atoms with E-state index in [0.29, 0.717) is 5.56 Å². The predicted octanol–water partition coefficient (Wildman–Crippen LogP) is 2.75. The standard InChI is InChI=1S/C11H13FO2S/c1-8-2-4-9(5-3-8)11(10-6-7-10)15(12,13)14/h2-5,10-11H,6-7H2,1H3. The molecule has 2 nitrogen and oxygen atoms in total. The van der Waals surface area contributed by atoms with E-state index >= 15 is 0 Å². The summed E-state index contributed by atoms with van der Waals surface area (Å²) in [4.78, 5) is 0. The Morgan fingerprint density at radius 1 is 1.27 bits per heavy atom. The molecule has 1 atom stereocenters. The smallest absolute Gasteiger partial charge is 0.194 e. The molecule has 1 aromatic rings. The third-order valence-corrected chi connectivity index (χ3v) is 4.02. The number of hydrogen-bond acceptors (Lipinski definition) is 2. The molecule has 0 radical (unpaired) electrons. The van der Waals surface area contributed by atoms with Gasteiger partial charge >= 0.3 is 10.2 Å². The SMILES string of the molecule is Cc1ccc(C(C2CC2)S(=O)(=O)F)cc1. The zero-order valence-electron chi connectivity index (χ0n) is 8.48. The Hall–Kier alpha value is -0.900. The van der Waals surface area contributed by atoms with Gasteiger partial charge in [0, 0.05) is 0 Å². The zero-order chi connectivity index (χ0) is 11.1. The minimum absolute atomic E-state index is 0.0253. The van der Waals surface area contributed by atoms with Crippen LogP contribution >= 0.6 is 0 Å². The number of hydrogen-bond donors (Lipinski definition) is 0. The Bertz CT molecular complexity index is 446. The molecule has 1 fully saturated rings. The zero-order valence-corrected chi connectivity index (χ0v) is 9.30. The van der Waals surface area contributed by atoms with E-state index in [9.17, 15) is 12.3 Å². The summed E-state index contributed by atoms with van der Waals surface area (Å²) in [6.07, 6.45) is 1.61. The van der Waals surface area contributed by atoms with Gasteiger partial charge in [-0.2, -0.15) is 8.42 Å². The van der Waals surface area contributed by atoms with Crippen LogP contribution in [0.1, 0.15) is 29.2 Å². The molecule has 0 N–H and O–H groups in total. The van der Waals surface area contributed by atoms with Gasteiger partial charge in [0.25, 0.3) is 0 Å². The molecule has 0 heterocycles. The largest absolute Gasteiger partial charge is 0.309 e. The summed E-state index contributed by atoms with van der Waals surface area (Å²) in [6, 6.07) is 7.04. The second kappa shape index (κ2) is 3.59. The van der Waals surface area contributed by atoms with Crippen LogP contribution in [0.3, 0.4) is 0 Å². The fourth-order valence-corrected chi connectivity index (χ4v) is 3.03. The van der Waals surface area contributed by atoms with E-state index in [4.69, 9.17) is 0 Å². The highest BCUT2D eigenvalue weighted by Crippen LogP contribution is 2.46. The van der Waals surface area contributed by atoms with Crippen molar-refractivity contribution in [3.63, 3.8) is 0 Å². The maximum Gasteiger partial charge on any atom is 0.309 e. The van der Waals surface area contributed by atoms with Crippen LogP contribution in [0.2, 0.25) is 0 Å². The summed E-state index contributed by atoms with van der Waals surface area (Å²) in [5.41, 5.74) is 1.62. The van der Waals surface area contributed by atoms with Gasteiger partial charge in [-0.3, -0.25) is 0 Å². The summed E-state index contributed by atoms with van der Waals surface area (Å²) < 4.78 is 35.2. The van der Waals surface area contributed by atoms with Crippen molar-refractivity contribution in [2.75, 3.05) is 0 Å². The van der Waals surface area contributed by atoms with E-state index in [1.54, 1.807) is 12.1 Å². The monoisotopic (exact) mass is 228 g/mol. The van der Waals surface area contributed by atoms with Crippen LogP contribution < -0.4 is 0 Å². The molecule has 0 amide bonds. The molecular weight excluding hydrogens is 215 g/mol. The molecule has 1 aliphatic rings. The first kappa shape index (κ1) is 10.6. The third-order valence-electron chi connectivity index (χ3n) is 2.76. The van der Waals surface area contributed by atoms with E-state index in [-0.39, 0.29) is 5.92 Å². The molecule has 82 valence electrons. The first-order valence-electron chi connectivity index (χ1n) is 4.98. The molecule has 4 heteroatoms. The number of halogens is 1. The molecule has 1 aliphatic carbocycles. The van der Waals surface area contributed by atoms with Gasteiger partial charge in [-0.15, -0.1) is 3.89 Å². The van der Waals surface area contributed by atoms with Crippen LogP contribution in [0, 0.1) is 12.8 Å². The lowest BCUT2D eigenvalue weighted by Crippen LogP contribution is -2.10. The van der Waals surface area contributed by atoms with Gasteiger partial charge in [0.2, 0.25) is 0 Å². The van der Waals surface area contributed by atoms with Crippen LogP contribution in [-0.2, 0) is 10.2 Å². The van der Waals surface area contributed by atoms with Gasteiger partial charge in [0.15, 0.2) is 0 Å². The highest BCUT2D eigenvalue weighted by molar-refractivity contribution is 7.86. The van der Waals surface area contributed by atoms with Crippen molar-refractivity contribution in [1.29, 1.82) is 0 Å². The van der Waals surface area contributed by atoms with Crippen LogP contribution in [0.15, 0.2) is 24.3 Å². The van der Waals surface area contributed by atoms with Crippen molar-refractivity contribution in [2.24, 2.45) is 5.92 Å². The van der Waals surface area contributed by atoms with Crippen LogP contribution in [0.4, 0.5) is 3.89 Å². The van der Waals surface area contributed by atoms with Gasteiger partial charge in [-0.25, -0.2) is 0 Å². The van der Waals surface area contributed by atoms with Gasteiger partial charge in [-0.1, -0.05) is 29.8 Å². The summed E-state index contributed by atoms with van der Waals surface area (Å²) in [6.45, 7) is 1.92. The molecule has 15 heavy (non-hydrogen) atoms. The predicted molar refractivity (Wildman–Crippen MR) is 56.7 cm³/mol. The summed E-state index contributed by atoms with van der Waals surface area (Å²) in [5.74, 6) is -0.0253. The van der Waals surface area contributed by atoms with Crippen molar-refractivity contribution in [2.45, 2.75) is 25.0 Å². The van der Waals surface area contributed by atoms with Gasteiger partial charge in [-0.05, 0) is 31.2 Å². The summed E-state index contributed by atoms with van der Waals surface area (Å²) in [5, 5.41) is -0.946. The molecule has 1 unspecified atom stereocenters. The molecule has 0 aromatic heterocycles. The quantitative estimate of drug-likeness (QED) is 0.745. The second-order valence-corrected chi connectivity index (χ2v) is 5.60. The minimum atomic E-state index is -4.47. The Labute approximate surface area is 89.3 Å². The van der Waals surface area contributed by atoms with Gasteiger partial charge in [0.1, 0.15) is 5.25 Å². The van der Waals surface area contributed by atoms with Crippen molar-refractivity contribution in [3.8, 4) is 0 Å². The van der Waals surface area contributed by atoms with E-state index < -0.39 is 15.5 Å². The Morgan fingerprint density at radius 3 is 2.20 bits per heavy atom. The van der Waals surface area contributed by atoms with E-state index in [2.05, 4.69) is 0 Å². The first-order chi connectivity index (χ1) is 6.98. The molecule has 1 saturated carbocycles. The summed E-state index contributed by atoms with van der Waals surface area (Å²) in [7, 11) is -4.47. The molecule has 0 bridgehead atoms. The number of benzene rings is 1. The van der Waals surface area contributed by atoms with Crippen LogP contribution in [0.25, 0.3) is 0 Å². The van der Waals surface area contributed by atoms with Gasteiger partial charge < -0.3 is 0 Å². The molecular formula is C11H13FO2S. The van der Waals surface area contributed by atoms with Crippen molar-refractivity contribution >= 4 is 10.2 Å². The fraction of sp³-hybridized carbons (Fsp3) is 0.455. The fourth-order valence-electron chi connectivity index (χ4n) is 1.82. The topological polar surface area (TPSA) is 34.1 Å². The molecule has 2 rings (SSSR count). The molecule has 0 aliphatic heterocycles. The van der Waals surface area contributed by atoms with Crippen molar-refractivity contribution in [1.82, 2.24) is 0 Å².